The minimum Gasteiger partial charge on any atom is -0.497 e. The van der Waals surface area contributed by atoms with E-state index in [0.29, 0.717) is 25.2 Å². The molecule has 0 saturated carbocycles. The quantitative estimate of drug-likeness (QED) is 0.774. The Morgan fingerprint density at radius 3 is 2.53 bits per heavy atom. The number of rotatable bonds is 6. The number of carbonyl (C=O) groups is 2. The summed E-state index contributed by atoms with van der Waals surface area (Å²) < 4.78 is 12.0. The van der Waals surface area contributed by atoms with Crippen LogP contribution in [0.4, 0.5) is 0 Å². The molecule has 30 heavy (non-hydrogen) atoms. The molecule has 2 aromatic rings. The number of piperidine rings is 1. The first kappa shape index (κ1) is 20.2. The van der Waals surface area contributed by atoms with Gasteiger partial charge in [-0.3, -0.25) is 9.59 Å². The fourth-order valence-corrected chi connectivity index (χ4v) is 4.46. The molecule has 0 aliphatic carbocycles. The molecule has 1 amide bonds. The topological polar surface area (TPSA) is 98.1 Å². The highest BCUT2D eigenvalue weighted by Crippen LogP contribution is 2.36. The number of pyridine rings is 1. The number of hydrogen-bond donors (Lipinski definition) is 1. The second kappa shape index (κ2) is 8.31. The number of aromatic nitrogens is 1. The van der Waals surface area contributed by atoms with Crippen molar-refractivity contribution in [2.45, 2.75) is 18.9 Å². The molecule has 158 valence electrons. The van der Waals surface area contributed by atoms with Crippen molar-refractivity contribution in [1.82, 2.24) is 9.47 Å². The van der Waals surface area contributed by atoms with Crippen molar-refractivity contribution < 1.29 is 24.2 Å². The molecular formula is C22H24N2O6. The molecule has 1 aromatic heterocycles. The van der Waals surface area contributed by atoms with Gasteiger partial charge < -0.3 is 24.0 Å². The van der Waals surface area contributed by atoms with Crippen molar-refractivity contribution in [3.8, 4) is 16.9 Å². The number of carboxylic acids is 1. The van der Waals surface area contributed by atoms with E-state index >= 15 is 0 Å². The van der Waals surface area contributed by atoms with Gasteiger partial charge in [-0.2, -0.15) is 0 Å². The third-order valence-corrected chi connectivity index (χ3v) is 5.81. The molecule has 2 aliphatic rings. The fraction of sp³-hybridized carbons (Fsp3) is 0.409. The van der Waals surface area contributed by atoms with E-state index in [1.807, 2.05) is 41.0 Å². The molecule has 1 fully saturated rings. The van der Waals surface area contributed by atoms with Gasteiger partial charge in [0.2, 0.25) is 5.91 Å². The third-order valence-electron chi connectivity index (χ3n) is 5.81. The molecule has 2 unspecified atom stereocenters. The predicted octanol–water partition coefficient (Wildman–Crippen LogP) is 1.57. The SMILES string of the molecule is COc1ccc(-c2ccc3n(c2=O)CC2CC3CN(C(=O)COCC(=O)O)C2)cc1. The van der Waals surface area contributed by atoms with Crippen LogP contribution in [0.25, 0.3) is 11.1 Å². The van der Waals surface area contributed by atoms with Gasteiger partial charge in [0.25, 0.3) is 5.56 Å². The Bertz CT molecular complexity index is 1010. The second-order valence-corrected chi connectivity index (χ2v) is 7.80. The summed E-state index contributed by atoms with van der Waals surface area (Å²) in [6.07, 6.45) is 0.932. The minimum absolute atomic E-state index is 0.0167. The summed E-state index contributed by atoms with van der Waals surface area (Å²) >= 11 is 0. The van der Waals surface area contributed by atoms with Crippen LogP contribution in [0.1, 0.15) is 18.0 Å². The van der Waals surface area contributed by atoms with Crippen molar-refractivity contribution in [3.05, 3.63) is 52.4 Å². The van der Waals surface area contributed by atoms with Crippen LogP contribution in [0.5, 0.6) is 5.75 Å². The number of ether oxygens (including phenoxy) is 2. The number of aliphatic carboxylic acids is 1. The fourth-order valence-electron chi connectivity index (χ4n) is 4.46. The molecule has 2 aliphatic heterocycles. The summed E-state index contributed by atoms with van der Waals surface area (Å²) in [6.45, 7) is 0.889. The number of fused-ring (bicyclic) bond motifs is 4. The number of hydrogen-bond acceptors (Lipinski definition) is 5. The van der Waals surface area contributed by atoms with Crippen LogP contribution in [0.15, 0.2) is 41.2 Å². The van der Waals surface area contributed by atoms with Crippen molar-refractivity contribution in [1.29, 1.82) is 0 Å². The van der Waals surface area contributed by atoms with Crippen LogP contribution in [0.2, 0.25) is 0 Å². The summed E-state index contributed by atoms with van der Waals surface area (Å²) in [5.74, 6) is -0.304. The Labute approximate surface area is 173 Å². The lowest BCUT2D eigenvalue weighted by molar-refractivity contribution is -0.146. The van der Waals surface area contributed by atoms with Crippen LogP contribution < -0.4 is 10.3 Å². The van der Waals surface area contributed by atoms with Gasteiger partial charge in [-0.05, 0) is 42.2 Å². The standard InChI is InChI=1S/C22H24N2O6/c1-29-17-4-2-15(3-5-17)18-6-7-19-16-8-14(10-24(19)22(18)28)9-23(11-16)20(25)12-30-13-21(26)27/h2-7,14,16H,8-13H2,1H3,(H,26,27). The Kier molecular flexibility index (Phi) is 5.59. The smallest absolute Gasteiger partial charge is 0.329 e. The average Bonchev–Trinajstić information content (AvgIpc) is 2.74. The largest absolute Gasteiger partial charge is 0.497 e. The van der Waals surface area contributed by atoms with Crippen molar-refractivity contribution in [2.24, 2.45) is 5.92 Å². The highest BCUT2D eigenvalue weighted by Gasteiger charge is 2.36. The van der Waals surface area contributed by atoms with Crippen LogP contribution in [0, 0.1) is 5.92 Å². The Balaban J connectivity index is 1.54. The van der Waals surface area contributed by atoms with E-state index in [1.54, 1.807) is 12.0 Å². The maximum absolute atomic E-state index is 13.2. The number of nitrogens with zero attached hydrogens (tertiary/aromatic N) is 2. The number of carboxylic acid groups (broad SMARTS) is 1. The zero-order valence-corrected chi connectivity index (χ0v) is 16.7. The maximum atomic E-state index is 13.2. The van der Waals surface area contributed by atoms with Crippen molar-refractivity contribution in [3.63, 3.8) is 0 Å². The lowest BCUT2D eigenvalue weighted by Gasteiger charge is -2.42. The molecule has 0 radical (unpaired) electrons. The zero-order valence-electron chi connectivity index (χ0n) is 16.7. The number of methoxy groups -OCH3 is 1. The third kappa shape index (κ3) is 3.95. The summed E-state index contributed by atoms with van der Waals surface area (Å²) in [6, 6.07) is 11.3. The summed E-state index contributed by atoms with van der Waals surface area (Å²) in [4.78, 5) is 37.9. The van der Waals surface area contributed by atoms with Crippen LogP contribution in [0.3, 0.4) is 0 Å². The monoisotopic (exact) mass is 412 g/mol. The van der Waals surface area contributed by atoms with E-state index in [1.165, 1.54) is 0 Å². The van der Waals surface area contributed by atoms with E-state index < -0.39 is 12.6 Å². The zero-order chi connectivity index (χ0) is 21.3. The number of carbonyl (C=O) groups excluding carboxylic acids is 1. The number of amides is 1. The predicted molar refractivity (Wildman–Crippen MR) is 109 cm³/mol. The van der Waals surface area contributed by atoms with E-state index in [0.717, 1.165) is 23.4 Å². The maximum Gasteiger partial charge on any atom is 0.329 e. The molecule has 0 spiro atoms. The molecule has 1 N–H and O–H groups in total. The van der Waals surface area contributed by atoms with Gasteiger partial charge in [-0.15, -0.1) is 0 Å². The molecule has 1 saturated heterocycles. The number of benzene rings is 1. The van der Waals surface area contributed by atoms with Gasteiger partial charge >= 0.3 is 5.97 Å². The van der Waals surface area contributed by atoms with Gasteiger partial charge in [0, 0.05) is 36.8 Å². The molecular weight excluding hydrogens is 388 g/mol. The molecule has 1 aromatic carbocycles. The van der Waals surface area contributed by atoms with E-state index in [2.05, 4.69) is 0 Å². The van der Waals surface area contributed by atoms with Gasteiger partial charge in [-0.1, -0.05) is 12.1 Å². The first-order chi connectivity index (χ1) is 14.5. The highest BCUT2D eigenvalue weighted by molar-refractivity contribution is 5.78. The summed E-state index contributed by atoms with van der Waals surface area (Å²) in [5, 5.41) is 8.65. The van der Waals surface area contributed by atoms with Crippen molar-refractivity contribution >= 4 is 11.9 Å². The van der Waals surface area contributed by atoms with Gasteiger partial charge in [0.1, 0.15) is 19.0 Å². The summed E-state index contributed by atoms with van der Waals surface area (Å²) in [5.41, 5.74) is 2.42. The minimum atomic E-state index is -1.10. The van der Waals surface area contributed by atoms with Crippen molar-refractivity contribution in [2.75, 3.05) is 33.4 Å². The average molecular weight is 412 g/mol. The van der Waals surface area contributed by atoms with E-state index in [9.17, 15) is 14.4 Å². The second-order valence-electron chi connectivity index (χ2n) is 7.80. The number of likely N-dealkylation sites (tertiary alicyclic amines) is 1. The molecule has 8 nitrogen and oxygen atoms in total. The molecule has 2 bridgehead atoms. The van der Waals surface area contributed by atoms with E-state index in [-0.39, 0.29) is 29.9 Å². The van der Waals surface area contributed by atoms with E-state index in [4.69, 9.17) is 14.6 Å². The Hall–Kier alpha value is -3.13. The lowest BCUT2D eigenvalue weighted by atomic mass is 9.82. The lowest BCUT2D eigenvalue weighted by Crippen LogP contribution is -2.50. The normalized spacial score (nSPS) is 19.8. The molecule has 8 heteroatoms. The molecule has 3 heterocycles. The van der Waals surface area contributed by atoms with Crippen LogP contribution in [-0.4, -0.2) is 59.9 Å². The van der Waals surface area contributed by atoms with Crippen LogP contribution >= 0.6 is 0 Å². The molecule has 4 rings (SSSR count). The highest BCUT2D eigenvalue weighted by atomic mass is 16.5. The molecule has 2 atom stereocenters. The van der Waals surface area contributed by atoms with Gasteiger partial charge in [0.05, 0.1) is 7.11 Å². The Morgan fingerprint density at radius 1 is 1.07 bits per heavy atom. The van der Waals surface area contributed by atoms with Gasteiger partial charge in [-0.25, -0.2) is 4.79 Å². The Morgan fingerprint density at radius 2 is 1.83 bits per heavy atom. The first-order valence-corrected chi connectivity index (χ1v) is 9.91. The van der Waals surface area contributed by atoms with Crippen LogP contribution in [-0.2, 0) is 20.9 Å². The first-order valence-electron chi connectivity index (χ1n) is 9.91. The van der Waals surface area contributed by atoms with Gasteiger partial charge in [0.15, 0.2) is 0 Å². The summed E-state index contributed by atoms with van der Waals surface area (Å²) in [7, 11) is 1.61.